The van der Waals surface area contributed by atoms with Gasteiger partial charge in [0.1, 0.15) is 0 Å². The summed E-state index contributed by atoms with van der Waals surface area (Å²) in [7, 11) is 0. The van der Waals surface area contributed by atoms with Gasteiger partial charge in [-0.15, -0.1) is 11.8 Å². The van der Waals surface area contributed by atoms with Crippen LogP contribution in [0.1, 0.15) is 23.1 Å². The summed E-state index contributed by atoms with van der Waals surface area (Å²) in [4.78, 5) is 23.1. The molecule has 1 aliphatic heterocycles. The molecular formula is C25H32N4OS2. The summed E-state index contributed by atoms with van der Waals surface area (Å²) in [6.07, 6.45) is 0.558. The number of aromatic nitrogens is 1. The number of nitrogens with zero attached hydrogens (tertiary/aromatic N) is 3. The standard InChI is InChI=1S/C25H32N4OS2/c1-18-4-6-21(7-5-18)31-15-8-23(30)26-9-10-28-11-13-29(14-12-28)25-27-22-17-19(2)16-20(3)24(22)32-25/h4-7,16-17H,8-15H2,1-3H3,(H,26,30). The number of carbonyl (C=O) groups is 1. The lowest BCUT2D eigenvalue weighted by Gasteiger charge is -2.34. The van der Waals surface area contributed by atoms with Gasteiger partial charge in [-0.05, 0) is 50.1 Å². The number of aryl methyl sites for hydroxylation is 3. The largest absolute Gasteiger partial charge is 0.355 e. The quantitative estimate of drug-likeness (QED) is 0.488. The van der Waals surface area contributed by atoms with Gasteiger partial charge in [-0.1, -0.05) is 35.1 Å². The molecule has 170 valence electrons. The van der Waals surface area contributed by atoms with Crippen molar-refractivity contribution in [2.24, 2.45) is 0 Å². The molecule has 0 saturated carbocycles. The molecule has 0 atom stereocenters. The molecule has 1 amide bonds. The molecule has 0 unspecified atom stereocenters. The van der Waals surface area contributed by atoms with Crippen LogP contribution in [0.2, 0.25) is 0 Å². The van der Waals surface area contributed by atoms with Crippen LogP contribution >= 0.6 is 23.1 Å². The normalized spacial score (nSPS) is 14.8. The Hall–Kier alpha value is -2.09. The molecule has 1 saturated heterocycles. The van der Waals surface area contributed by atoms with Crippen LogP contribution in [0.5, 0.6) is 0 Å². The number of hydrogen-bond donors (Lipinski definition) is 1. The van der Waals surface area contributed by atoms with Gasteiger partial charge in [-0.25, -0.2) is 4.98 Å². The Kier molecular flexibility index (Phi) is 7.71. The van der Waals surface area contributed by atoms with Gasteiger partial charge in [-0.3, -0.25) is 9.69 Å². The first kappa shape index (κ1) is 23.1. The summed E-state index contributed by atoms with van der Waals surface area (Å²) in [6.45, 7) is 12.0. The minimum atomic E-state index is 0.142. The van der Waals surface area contributed by atoms with Gasteiger partial charge in [0.2, 0.25) is 5.91 Å². The molecule has 4 rings (SSSR count). The third-order valence-corrected chi connectivity index (χ3v) is 8.10. The Morgan fingerprint density at radius 2 is 1.81 bits per heavy atom. The van der Waals surface area contributed by atoms with E-state index in [4.69, 9.17) is 4.98 Å². The van der Waals surface area contributed by atoms with Gasteiger partial charge in [0.15, 0.2) is 5.13 Å². The van der Waals surface area contributed by atoms with E-state index in [1.54, 1.807) is 23.1 Å². The predicted molar refractivity (Wildman–Crippen MR) is 137 cm³/mol. The predicted octanol–water partition coefficient (Wildman–Crippen LogP) is 4.64. The van der Waals surface area contributed by atoms with Gasteiger partial charge < -0.3 is 10.2 Å². The Balaban J connectivity index is 1.15. The van der Waals surface area contributed by atoms with Crippen molar-refractivity contribution in [3.8, 4) is 0 Å². The van der Waals surface area contributed by atoms with Crippen molar-refractivity contribution in [2.75, 3.05) is 49.9 Å². The van der Waals surface area contributed by atoms with Gasteiger partial charge in [-0.2, -0.15) is 0 Å². The lowest BCUT2D eigenvalue weighted by molar-refractivity contribution is -0.120. The van der Waals surface area contributed by atoms with Gasteiger partial charge in [0.05, 0.1) is 10.2 Å². The molecule has 1 fully saturated rings. The molecular weight excluding hydrogens is 436 g/mol. The topological polar surface area (TPSA) is 48.5 Å². The van der Waals surface area contributed by atoms with Crippen molar-refractivity contribution in [1.29, 1.82) is 0 Å². The average Bonchev–Trinajstić information content (AvgIpc) is 3.20. The van der Waals surface area contributed by atoms with Crippen LogP contribution in [0.4, 0.5) is 5.13 Å². The Morgan fingerprint density at radius 1 is 1.06 bits per heavy atom. The molecule has 1 aromatic heterocycles. The SMILES string of the molecule is Cc1ccc(SCCC(=O)NCCN2CCN(c3nc4cc(C)cc(C)c4s3)CC2)cc1. The molecule has 0 radical (unpaired) electrons. The number of carbonyl (C=O) groups excluding carboxylic acids is 1. The number of hydrogen-bond acceptors (Lipinski definition) is 6. The van der Waals surface area contributed by atoms with Crippen LogP contribution in [0.25, 0.3) is 10.2 Å². The summed E-state index contributed by atoms with van der Waals surface area (Å²) in [5.74, 6) is 0.956. The molecule has 3 aromatic rings. The average molecular weight is 469 g/mol. The molecule has 7 heteroatoms. The maximum Gasteiger partial charge on any atom is 0.220 e. The Bertz CT molecular complexity index is 1060. The van der Waals surface area contributed by atoms with E-state index in [0.717, 1.165) is 49.1 Å². The molecule has 2 aromatic carbocycles. The molecule has 32 heavy (non-hydrogen) atoms. The van der Waals surface area contributed by atoms with Gasteiger partial charge in [0, 0.05) is 56.3 Å². The first-order chi connectivity index (χ1) is 15.5. The van der Waals surface area contributed by atoms with Crippen molar-refractivity contribution in [3.05, 3.63) is 53.1 Å². The van der Waals surface area contributed by atoms with Crippen molar-refractivity contribution in [3.63, 3.8) is 0 Å². The van der Waals surface area contributed by atoms with E-state index in [1.165, 1.54) is 26.3 Å². The first-order valence-electron chi connectivity index (χ1n) is 11.3. The number of anilines is 1. The number of nitrogens with one attached hydrogen (secondary N) is 1. The number of rotatable bonds is 8. The third kappa shape index (κ3) is 6.03. The van der Waals surface area contributed by atoms with E-state index in [1.807, 2.05) is 0 Å². The lowest BCUT2D eigenvalue weighted by Crippen LogP contribution is -2.48. The highest BCUT2D eigenvalue weighted by atomic mass is 32.2. The van der Waals surface area contributed by atoms with Crippen LogP contribution in [0.3, 0.4) is 0 Å². The van der Waals surface area contributed by atoms with Crippen LogP contribution in [-0.4, -0.2) is 60.8 Å². The van der Waals surface area contributed by atoms with Crippen LogP contribution in [0.15, 0.2) is 41.3 Å². The number of amides is 1. The summed E-state index contributed by atoms with van der Waals surface area (Å²) in [6, 6.07) is 12.9. The minimum absolute atomic E-state index is 0.142. The summed E-state index contributed by atoms with van der Waals surface area (Å²) in [5, 5.41) is 4.21. The molecule has 1 N–H and O–H groups in total. The molecule has 0 spiro atoms. The highest BCUT2D eigenvalue weighted by Crippen LogP contribution is 2.32. The van der Waals surface area contributed by atoms with Crippen LogP contribution in [-0.2, 0) is 4.79 Å². The van der Waals surface area contributed by atoms with Gasteiger partial charge in [0.25, 0.3) is 0 Å². The second kappa shape index (κ2) is 10.7. The summed E-state index contributed by atoms with van der Waals surface area (Å²) in [5.41, 5.74) is 4.97. The van der Waals surface area contributed by atoms with Gasteiger partial charge >= 0.3 is 0 Å². The number of thioether (sulfide) groups is 1. The summed E-state index contributed by atoms with van der Waals surface area (Å²) >= 11 is 3.54. The van der Waals surface area contributed by atoms with Crippen molar-refractivity contribution in [1.82, 2.24) is 15.2 Å². The maximum atomic E-state index is 12.1. The highest BCUT2D eigenvalue weighted by molar-refractivity contribution is 7.99. The van der Waals surface area contributed by atoms with E-state index in [2.05, 4.69) is 72.3 Å². The van der Waals surface area contributed by atoms with Crippen molar-refractivity contribution in [2.45, 2.75) is 32.1 Å². The number of benzene rings is 2. The smallest absolute Gasteiger partial charge is 0.220 e. The molecule has 2 heterocycles. The zero-order valence-corrected chi connectivity index (χ0v) is 20.8. The lowest BCUT2D eigenvalue weighted by atomic mass is 10.1. The Morgan fingerprint density at radius 3 is 2.56 bits per heavy atom. The minimum Gasteiger partial charge on any atom is -0.355 e. The van der Waals surface area contributed by atoms with E-state index in [0.29, 0.717) is 13.0 Å². The second-order valence-corrected chi connectivity index (χ2v) is 10.7. The number of piperazine rings is 1. The fraction of sp³-hybridized carbons (Fsp3) is 0.440. The van der Waals surface area contributed by atoms with E-state index >= 15 is 0 Å². The molecule has 1 aliphatic rings. The van der Waals surface area contributed by atoms with E-state index < -0.39 is 0 Å². The third-order valence-electron chi connectivity index (χ3n) is 5.82. The van der Waals surface area contributed by atoms with Crippen LogP contribution < -0.4 is 10.2 Å². The fourth-order valence-corrected chi connectivity index (χ4v) is 5.92. The summed E-state index contributed by atoms with van der Waals surface area (Å²) < 4.78 is 1.30. The molecule has 0 aliphatic carbocycles. The Labute approximate surface area is 199 Å². The van der Waals surface area contributed by atoms with Crippen molar-refractivity contribution < 1.29 is 4.79 Å². The van der Waals surface area contributed by atoms with Crippen LogP contribution in [0, 0.1) is 20.8 Å². The van der Waals surface area contributed by atoms with Crippen molar-refractivity contribution >= 4 is 44.4 Å². The van der Waals surface area contributed by atoms with E-state index in [9.17, 15) is 4.79 Å². The number of thiazole rings is 1. The maximum absolute atomic E-state index is 12.1. The monoisotopic (exact) mass is 468 g/mol. The zero-order chi connectivity index (χ0) is 22.5. The van der Waals surface area contributed by atoms with E-state index in [-0.39, 0.29) is 5.91 Å². The number of fused-ring (bicyclic) bond motifs is 1. The zero-order valence-electron chi connectivity index (χ0n) is 19.2. The first-order valence-corrected chi connectivity index (χ1v) is 13.1. The second-order valence-electron chi connectivity index (χ2n) is 8.52. The fourth-order valence-electron chi connectivity index (χ4n) is 4.00. The molecule has 5 nitrogen and oxygen atoms in total. The molecule has 0 bridgehead atoms. The highest BCUT2D eigenvalue weighted by Gasteiger charge is 2.20.